The van der Waals surface area contributed by atoms with Crippen molar-refractivity contribution in [1.29, 1.82) is 0 Å². The molecule has 2 rings (SSSR count). The first-order valence-electron chi connectivity index (χ1n) is 6.40. The van der Waals surface area contributed by atoms with Gasteiger partial charge in [0.25, 0.3) is 0 Å². The van der Waals surface area contributed by atoms with Crippen molar-refractivity contribution in [3.63, 3.8) is 0 Å². The van der Waals surface area contributed by atoms with Crippen LogP contribution < -0.4 is 10.5 Å². The van der Waals surface area contributed by atoms with E-state index in [0.29, 0.717) is 24.1 Å². The summed E-state index contributed by atoms with van der Waals surface area (Å²) in [6.07, 6.45) is 3.20. The maximum atomic E-state index is 12.4. The summed E-state index contributed by atoms with van der Waals surface area (Å²) in [5.74, 6) is 0. The zero-order chi connectivity index (χ0) is 14.1. The van der Waals surface area contributed by atoms with E-state index in [0.717, 1.165) is 12.8 Å². The molecule has 0 bridgehead atoms. The second-order valence-electron chi connectivity index (χ2n) is 5.22. The molecule has 0 aliphatic heterocycles. The predicted molar refractivity (Wildman–Crippen MR) is 74.2 cm³/mol. The molecule has 1 aromatic rings. The number of nitrogen functional groups attached to an aromatic ring is 1. The predicted octanol–water partition coefficient (Wildman–Crippen LogP) is 1.16. The molecule has 1 aliphatic carbocycles. The summed E-state index contributed by atoms with van der Waals surface area (Å²) < 4.78 is 27.6. The summed E-state index contributed by atoms with van der Waals surface area (Å²) in [7, 11) is -3.66. The second-order valence-corrected chi connectivity index (χ2v) is 6.87. The second kappa shape index (κ2) is 5.11. The first kappa shape index (κ1) is 14.3. The number of aliphatic hydroxyl groups excluding tert-OH is 1. The maximum absolute atomic E-state index is 12.4. The smallest absolute Gasteiger partial charge is 0.241 e. The van der Waals surface area contributed by atoms with E-state index < -0.39 is 15.6 Å². The van der Waals surface area contributed by atoms with Gasteiger partial charge in [0.05, 0.1) is 17.0 Å². The van der Waals surface area contributed by atoms with Gasteiger partial charge in [0.1, 0.15) is 0 Å². The monoisotopic (exact) mass is 284 g/mol. The third-order valence-corrected chi connectivity index (χ3v) is 5.55. The van der Waals surface area contributed by atoms with Gasteiger partial charge in [-0.15, -0.1) is 0 Å². The van der Waals surface area contributed by atoms with E-state index in [1.165, 1.54) is 6.07 Å². The van der Waals surface area contributed by atoms with Gasteiger partial charge < -0.3 is 10.8 Å². The lowest BCUT2D eigenvalue weighted by molar-refractivity contribution is 0.185. The highest BCUT2D eigenvalue weighted by Gasteiger charge is 2.37. The minimum absolute atomic E-state index is 0.173. The van der Waals surface area contributed by atoms with Crippen molar-refractivity contribution in [3.8, 4) is 0 Å². The lowest BCUT2D eigenvalue weighted by Gasteiger charge is -2.28. The molecule has 0 heterocycles. The Balaban J connectivity index is 2.35. The fourth-order valence-electron chi connectivity index (χ4n) is 2.61. The van der Waals surface area contributed by atoms with Gasteiger partial charge in [-0.2, -0.15) is 0 Å². The quantitative estimate of drug-likeness (QED) is 0.723. The summed E-state index contributed by atoms with van der Waals surface area (Å²) in [6.45, 7) is 1.51. The summed E-state index contributed by atoms with van der Waals surface area (Å²) in [5.41, 5.74) is 6.03. The number of benzene rings is 1. The Morgan fingerprint density at radius 1 is 1.37 bits per heavy atom. The molecule has 1 aromatic carbocycles. The van der Waals surface area contributed by atoms with Crippen molar-refractivity contribution in [2.75, 3.05) is 12.3 Å². The number of aliphatic hydroxyl groups is 1. The number of sulfonamides is 1. The minimum atomic E-state index is -3.66. The average Bonchev–Trinajstić information content (AvgIpc) is 2.81. The minimum Gasteiger partial charge on any atom is -0.398 e. The molecular weight excluding hydrogens is 264 g/mol. The van der Waals surface area contributed by atoms with Crippen molar-refractivity contribution in [1.82, 2.24) is 4.72 Å². The molecule has 19 heavy (non-hydrogen) atoms. The molecule has 106 valence electrons. The van der Waals surface area contributed by atoms with Crippen molar-refractivity contribution in [3.05, 3.63) is 23.8 Å². The number of hydrogen-bond acceptors (Lipinski definition) is 4. The SMILES string of the molecule is Cc1c(N)cccc1S(=O)(=O)NC1(CO)CCCC1. The topological polar surface area (TPSA) is 92.4 Å². The Hall–Kier alpha value is -1.11. The van der Waals surface area contributed by atoms with Gasteiger partial charge in [-0.1, -0.05) is 18.9 Å². The molecule has 0 saturated heterocycles. The molecule has 1 saturated carbocycles. The van der Waals surface area contributed by atoms with Crippen molar-refractivity contribution >= 4 is 15.7 Å². The summed E-state index contributed by atoms with van der Waals surface area (Å²) in [6, 6.07) is 4.83. The van der Waals surface area contributed by atoms with Crippen LogP contribution in [0.3, 0.4) is 0 Å². The summed E-state index contributed by atoms with van der Waals surface area (Å²) >= 11 is 0. The van der Waals surface area contributed by atoms with Crippen LogP contribution in [0.4, 0.5) is 5.69 Å². The van der Waals surface area contributed by atoms with E-state index in [1.54, 1.807) is 19.1 Å². The van der Waals surface area contributed by atoms with Crippen LogP contribution in [0.1, 0.15) is 31.2 Å². The highest BCUT2D eigenvalue weighted by Crippen LogP contribution is 2.31. The largest absolute Gasteiger partial charge is 0.398 e. The van der Waals surface area contributed by atoms with Gasteiger partial charge in [0, 0.05) is 5.69 Å². The molecular formula is C13H20N2O3S. The van der Waals surface area contributed by atoms with E-state index in [9.17, 15) is 13.5 Å². The number of nitrogens with one attached hydrogen (secondary N) is 1. The number of nitrogens with two attached hydrogens (primary N) is 1. The van der Waals surface area contributed by atoms with Crippen molar-refractivity contribution in [2.45, 2.75) is 43.0 Å². The molecule has 0 radical (unpaired) electrons. The molecule has 0 spiro atoms. The molecule has 1 aliphatic rings. The van der Waals surface area contributed by atoms with E-state index in [4.69, 9.17) is 5.73 Å². The molecule has 0 unspecified atom stereocenters. The highest BCUT2D eigenvalue weighted by molar-refractivity contribution is 7.89. The van der Waals surface area contributed by atoms with Crippen molar-refractivity contribution < 1.29 is 13.5 Å². The first-order valence-corrected chi connectivity index (χ1v) is 7.88. The molecule has 0 aromatic heterocycles. The van der Waals surface area contributed by atoms with Gasteiger partial charge in [-0.25, -0.2) is 13.1 Å². The van der Waals surface area contributed by atoms with Crippen LogP contribution in [0.5, 0.6) is 0 Å². The van der Waals surface area contributed by atoms with E-state index in [-0.39, 0.29) is 11.5 Å². The Bertz CT molecular complexity index is 563. The fraction of sp³-hybridized carbons (Fsp3) is 0.538. The molecule has 0 amide bonds. The summed E-state index contributed by atoms with van der Waals surface area (Å²) in [4.78, 5) is 0.187. The van der Waals surface area contributed by atoms with Crippen LogP contribution in [-0.4, -0.2) is 25.7 Å². The lowest BCUT2D eigenvalue weighted by atomic mass is 10.0. The molecule has 6 heteroatoms. The highest BCUT2D eigenvalue weighted by atomic mass is 32.2. The molecule has 4 N–H and O–H groups in total. The van der Waals surface area contributed by atoms with Crippen LogP contribution in [-0.2, 0) is 10.0 Å². The average molecular weight is 284 g/mol. The van der Waals surface area contributed by atoms with Crippen LogP contribution in [0, 0.1) is 6.92 Å². The Labute approximate surface area is 113 Å². The number of anilines is 1. The van der Waals surface area contributed by atoms with E-state index in [1.807, 2.05) is 0 Å². The first-order chi connectivity index (χ1) is 8.90. The van der Waals surface area contributed by atoms with Gasteiger partial charge >= 0.3 is 0 Å². The van der Waals surface area contributed by atoms with E-state index >= 15 is 0 Å². The standard InChI is InChI=1S/C13H20N2O3S/c1-10-11(14)5-4-6-12(10)19(17,18)15-13(9-16)7-2-3-8-13/h4-6,15-16H,2-3,7-9,14H2,1H3. The van der Waals surface area contributed by atoms with Gasteiger partial charge in [0.2, 0.25) is 10.0 Å². The maximum Gasteiger partial charge on any atom is 0.241 e. The number of hydrogen-bond donors (Lipinski definition) is 3. The number of rotatable bonds is 4. The molecule has 0 atom stereocenters. The third-order valence-electron chi connectivity index (χ3n) is 3.83. The Kier molecular flexibility index (Phi) is 3.85. The molecule has 5 nitrogen and oxygen atoms in total. The van der Waals surface area contributed by atoms with Crippen LogP contribution in [0.25, 0.3) is 0 Å². The van der Waals surface area contributed by atoms with Crippen LogP contribution in [0.2, 0.25) is 0 Å². The van der Waals surface area contributed by atoms with Crippen LogP contribution >= 0.6 is 0 Å². The normalized spacial score (nSPS) is 18.6. The lowest BCUT2D eigenvalue weighted by Crippen LogP contribution is -2.49. The van der Waals surface area contributed by atoms with Gasteiger partial charge in [-0.05, 0) is 37.5 Å². The van der Waals surface area contributed by atoms with E-state index in [2.05, 4.69) is 4.72 Å². The van der Waals surface area contributed by atoms with Gasteiger partial charge in [0.15, 0.2) is 0 Å². The Morgan fingerprint density at radius 3 is 2.58 bits per heavy atom. The molecule has 1 fully saturated rings. The zero-order valence-corrected chi connectivity index (χ0v) is 11.8. The van der Waals surface area contributed by atoms with Crippen molar-refractivity contribution in [2.24, 2.45) is 0 Å². The summed E-state index contributed by atoms with van der Waals surface area (Å²) in [5, 5.41) is 9.50. The zero-order valence-electron chi connectivity index (χ0n) is 11.0. The van der Waals surface area contributed by atoms with Gasteiger partial charge in [-0.3, -0.25) is 0 Å². The fourth-order valence-corrected chi connectivity index (χ4v) is 4.33. The Morgan fingerprint density at radius 2 is 2.00 bits per heavy atom. The third kappa shape index (κ3) is 2.75. The van der Waals surface area contributed by atoms with Crippen LogP contribution in [0.15, 0.2) is 23.1 Å².